The molecule has 0 saturated carbocycles. The highest BCUT2D eigenvalue weighted by Crippen LogP contribution is 2.30. The minimum atomic E-state index is -0.178. The van der Waals surface area contributed by atoms with E-state index in [9.17, 15) is 4.79 Å². The number of nitrogens with two attached hydrogens (primary N) is 1. The number of carbonyl (C=O) groups excluding carboxylic acids is 1. The van der Waals surface area contributed by atoms with Crippen molar-refractivity contribution in [1.82, 2.24) is 5.32 Å². The molecule has 1 aliphatic rings. The standard InChI is InChI=1S/C12H14N2O3S/c13-11(18)3-4-14-12(15)8-1-2-9-10(7-8)17-6-5-16-9/h1-2,7H,3-6H2,(H2,13,18)(H,14,15). The lowest BCUT2D eigenvalue weighted by Gasteiger charge is -2.18. The largest absolute Gasteiger partial charge is 0.486 e. The molecule has 3 N–H and O–H groups in total. The second-order valence-electron chi connectivity index (χ2n) is 3.83. The number of thiocarbonyl (C=S) groups is 1. The Labute approximate surface area is 110 Å². The average molecular weight is 266 g/mol. The first-order valence-electron chi connectivity index (χ1n) is 5.63. The number of benzene rings is 1. The molecular weight excluding hydrogens is 252 g/mol. The second kappa shape index (κ2) is 5.68. The maximum absolute atomic E-state index is 11.8. The molecule has 0 atom stereocenters. The highest BCUT2D eigenvalue weighted by atomic mass is 32.1. The molecule has 5 nitrogen and oxygen atoms in total. The molecule has 2 rings (SSSR count). The van der Waals surface area contributed by atoms with Crippen LogP contribution in [0.15, 0.2) is 18.2 Å². The molecule has 0 fully saturated rings. The van der Waals surface area contributed by atoms with Crippen molar-refractivity contribution in [3.8, 4) is 11.5 Å². The summed E-state index contributed by atoms with van der Waals surface area (Å²) < 4.78 is 10.8. The van der Waals surface area contributed by atoms with E-state index in [1.54, 1.807) is 18.2 Å². The summed E-state index contributed by atoms with van der Waals surface area (Å²) in [4.78, 5) is 12.2. The number of fused-ring (bicyclic) bond motifs is 1. The third-order valence-corrected chi connectivity index (χ3v) is 2.67. The monoisotopic (exact) mass is 266 g/mol. The SMILES string of the molecule is NC(=S)CCNC(=O)c1ccc2c(c1)OCCO2. The highest BCUT2D eigenvalue weighted by molar-refractivity contribution is 7.80. The normalized spacial score (nSPS) is 12.9. The number of rotatable bonds is 4. The van der Waals surface area contributed by atoms with Crippen LogP contribution in [-0.2, 0) is 0 Å². The van der Waals surface area contributed by atoms with Crippen molar-refractivity contribution in [2.24, 2.45) is 5.73 Å². The molecule has 1 aliphatic heterocycles. The van der Waals surface area contributed by atoms with Crippen molar-refractivity contribution in [3.05, 3.63) is 23.8 Å². The van der Waals surface area contributed by atoms with Crippen LogP contribution in [0.5, 0.6) is 11.5 Å². The maximum atomic E-state index is 11.8. The van der Waals surface area contributed by atoms with E-state index in [1.807, 2.05) is 0 Å². The lowest BCUT2D eigenvalue weighted by atomic mass is 10.2. The van der Waals surface area contributed by atoms with E-state index in [2.05, 4.69) is 5.32 Å². The number of nitrogens with one attached hydrogen (secondary N) is 1. The summed E-state index contributed by atoms with van der Waals surface area (Å²) in [6, 6.07) is 5.10. The molecular formula is C12H14N2O3S. The molecule has 1 heterocycles. The number of ether oxygens (including phenoxy) is 2. The molecule has 0 spiro atoms. The van der Waals surface area contributed by atoms with Gasteiger partial charge in [0.25, 0.3) is 5.91 Å². The fraction of sp³-hybridized carbons (Fsp3) is 0.333. The molecule has 0 saturated heterocycles. The first-order chi connectivity index (χ1) is 8.66. The van der Waals surface area contributed by atoms with Crippen molar-refractivity contribution >= 4 is 23.1 Å². The Bertz CT molecular complexity index is 476. The van der Waals surface area contributed by atoms with Gasteiger partial charge >= 0.3 is 0 Å². The van der Waals surface area contributed by atoms with Crippen LogP contribution in [0.3, 0.4) is 0 Å². The average Bonchev–Trinajstić information content (AvgIpc) is 2.37. The number of hydrogen-bond donors (Lipinski definition) is 2. The zero-order valence-corrected chi connectivity index (χ0v) is 10.6. The summed E-state index contributed by atoms with van der Waals surface area (Å²) in [5.41, 5.74) is 5.88. The van der Waals surface area contributed by atoms with E-state index in [-0.39, 0.29) is 5.91 Å². The zero-order chi connectivity index (χ0) is 13.0. The van der Waals surface area contributed by atoms with Gasteiger partial charge < -0.3 is 20.5 Å². The van der Waals surface area contributed by atoms with E-state index in [0.717, 1.165) is 0 Å². The summed E-state index contributed by atoms with van der Waals surface area (Å²) in [6.07, 6.45) is 0.492. The van der Waals surface area contributed by atoms with Gasteiger partial charge in [0.05, 0.1) is 4.99 Å². The van der Waals surface area contributed by atoms with Crippen molar-refractivity contribution in [1.29, 1.82) is 0 Å². The molecule has 1 aromatic carbocycles. The molecule has 0 aliphatic carbocycles. The summed E-state index contributed by atoms with van der Waals surface area (Å²) >= 11 is 4.73. The Kier molecular flexibility index (Phi) is 3.99. The van der Waals surface area contributed by atoms with E-state index in [4.69, 9.17) is 27.4 Å². The van der Waals surface area contributed by atoms with E-state index in [0.29, 0.717) is 48.2 Å². The van der Waals surface area contributed by atoms with Crippen LogP contribution in [0.4, 0.5) is 0 Å². The quantitative estimate of drug-likeness (QED) is 0.791. The van der Waals surface area contributed by atoms with Gasteiger partial charge in [-0.15, -0.1) is 0 Å². The van der Waals surface area contributed by atoms with Crippen LogP contribution in [0, 0.1) is 0 Å². The fourth-order valence-electron chi connectivity index (χ4n) is 1.59. The Hall–Kier alpha value is -1.82. The van der Waals surface area contributed by atoms with Gasteiger partial charge in [-0.3, -0.25) is 4.79 Å². The molecule has 0 unspecified atom stereocenters. The number of amides is 1. The van der Waals surface area contributed by atoms with Crippen LogP contribution < -0.4 is 20.5 Å². The van der Waals surface area contributed by atoms with Crippen molar-refractivity contribution in [2.45, 2.75) is 6.42 Å². The number of carbonyl (C=O) groups is 1. The third kappa shape index (κ3) is 3.10. The van der Waals surface area contributed by atoms with Crippen LogP contribution in [0.2, 0.25) is 0 Å². The molecule has 96 valence electrons. The van der Waals surface area contributed by atoms with Crippen LogP contribution in [0.25, 0.3) is 0 Å². The van der Waals surface area contributed by atoms with Crippen molar-refractivity contribution < 1.29 is 14.3 Å². The summed E-state index contributed by atoms with van der Waals surface area (Å²) in [5, 5.41) is 2.73. The molecule has 0 aromatic heterocycles. The van der Waals surface area contributed by atoms with Gasteiger partial charge in [-0.1, -0.05) is 12.2 Å². The Morgan fingerprint density at radius 2 is 2.06 bits per heavy atom. The maximum Gasteiger partial charge on any atom is 0.251 e. The predicted octanol–water partition coefficient (Wildman–Crippen LogP) is 0.864. The van der Waals surface area contributed by atoms with Gasteiger partial charge in [-0.2, -0.15) is 0 Å². The predicted molar refractivity (Wildman–Crippen MR) is 71.2 cm³/mol. The highest BCUT2D eigenvalue weighted by Gasteiger charge is 2.14. The summed E-state index contributed by atoms with van der Waals surface area (Å²) in [5.74, 6) is 1.09. The Balaban J connectivity index is 2.00. The Morgan fingerprint density at radius 3 is 2.78 bits per heavy atom. The van der Waals surface area contributed by atoms with E-state index < -0.39 is 0 Å². The Morgan fingerprint density at radius 1 is 1.33 bits per heavy atom. The fourth-order valence-corrected chi connectivity index (χ4v) is 1.69. The third-order valence-electron chi connectivity index (χ3n) is 2.46. The summed E-state index contributed by atoms with van der Waals surface area (Å²) in [6.45, 7) is 1.47. The first kappa shape index (κ1) is 12.6. The molecule has 18 heavy (non-hydrogen) atoms. The van der Waals surface area contributed by atoms with Crippen LogP contribution in [0.1, 0.15) is 16.8 Å². The van der Waals surface area contributed by atoms with Gasteiger partial charge in [0.2, 0.25) is 0 Å². The van der Waals surface area contributed by atoms with Crippen LogP contribution in [-0.4, -0.2) is 30.7 Å². The lowest BCUT2D eigenvalue weighted by molar-refractivity contribution is 0.0953. The topological polar surface area (TPSA) is 73.6 Å². The number of hydrogen-bond acceptors (Lipinski definition) is 4. The smallest absolute Gasteiger partial charge is 0.251 e. The molecule has 0 radical (unpaired) electrons. The van der Waals surface area contributed by atoms with Gasteiger partial charge in [-0.05, 0) is 18.2 Å². The van der Waals surface area contributed by atoms with Gasteiger partial charge in [0, 0.05) is 18.5 Å². The van der Waals surface area contributed by atoms with E-state index >= 15 is 0 Å². The first-order valence-corrected chi connectivity index (χ1v) is 6.04. The molecule has 0 bridgehead atoms. The summed E-state index contributed by atoms with van der Waals surface area (Å²) in [7, 11) is 0. The van der Waals surface area contributed by atoms with Gasteiger partial charge in [0.1, 0.15) is 13.2 Å². The molecule has 6 heteroatoms. The van der Waals surface area contributed by atoms with Gasteiger partial charge in [0.15, 0.2) is 11.5 Å². The van der Waals surface area contributed by atoms with Crippen LogP contribution >= 0.6 is 12.2 Å². The van der Waals surface area contributed by atoms with Crippen molar-refractivity contribution in [2.75, 3.05) is 19.8 Å². The van der Waals surface area contributed by atoms with Crippen molar-refractivity contribution in [3.63, 3.8) is 0 Å². The minimum absolute atomic E-state index is 0.178. The minimum Gasteiger partial charge on any atom is -0.486 e. The zero-order valence-electron chi connectivity index (χ0n) is 9.77. The molecule has 1 aromatic rings. The molecule has 1 amide bonds. The van der Waals surface area contributed by atoms with E-state index in [1.165, 1.54) is 0 Å². The van der Waals surface area contributed by atoms with Gasteiger partial charge in [-0.25, -0.2) is 0 Å². The lowest BCUT2D eigenvalue weighted by Crippen LogP contribution is -2.27. The second-order valence-corrected chi connectivity index (χ2v) is 4.36.